The molecule has 2 amide bonds. The van der Waals surface area contributed by atoms with Gasteiger partial charge in [-0.15, -0.1) is 0 Å². The smallest absolute Gasteiger partial charge is 0.233 e. The van der Waals surface area contributed by atoms with Gasteiger partial charge in [0.1, 0.15) is 0 Å². The minimum absolute atomic E-state index is 0.0349. The average Bonchev–Trinajstić information content (AvgIpc) is 2.52. The molecule has 1 fully saturated rings. The van der Waals surface area contributed by atoms with Crippen LogP contribution in [0.25, 0.3) is 0 Å². The molecule has 2 aliphatic rings. The van der Waals surface area contributed by atoms with Gasteiger partial charge in [-0.05, 0) is 19.8 Å². The maximum absolute atomic E-state index is 12.0. The summed E-state index contributed by atoms with van der Waals surface area (Å²) in [6.07, 6.45) is 5.37. The summed E-state index contributed by atoms with van der Waals surface area (Å²) < 4.78 is 0. The van der Waals surface area contributed by atoms with Crippen LogP contribution in [0.3, 0.4) is 0 Å². The van der Waals surface area contributed by atoms with E-state index in [9.17, 15) is 9.59 Å². The first-order valence-corrected chi connectivity index (χ1v) is 5.38. The maximum atomic E-state index is 12.0. The molecule has 3 atom stereocenters. The maximum Gasteiger partial charge on any atom is 0.233 e. The highest BCUT2D eigenvalue weighted by Gasteiger charge is 2.48. The number of rotatable bonds is 2. The number of nitrogens with zero attached hydrogens (tertiary/aromatic N) is 1. The third-order valence-corrected chi connectivity index (χ3v) is 3.32. The Labute approximate surface area is 89.1 Å². The fourth-order valence-electron chi connectivity index (χ4n) is 2.37. The number of carbonyl (C=O) groups is 2. The molecule has 2 rings (SSSR count). The standard InChI is InChI=1S/C11H16N2O2/c1-7(6-12)13-10(14)8-4-2-3-5-9(8)11(13)15/h2-3,7-9H,4-6,12H2,1H3. The normalized spacial score (nSPS) is 32.0. The molecule has 0 radical (unpaired) electrons. The molecule has 0 aromatic heterocycles. The molecule has 15 heavy (non-hydrogen) atoms. The van der Waals surface area contributed by atoms with Crippen molar-refractivity contribution in [2.75, 3.05) is 6.54 Å². The highest BCUT2D eigenvalue weighted by atomic mass is 16.2. The topological polar surface area (TPSA) is 63.4 Å². The molecule has 1 aliphatic heterocycles. The van der Waals surface area contributed by atoms with Crippen LogP contribution in [0.2, 0.25) is 0 Å². The van der Waals surface area contributed by atoms with Crippen LogP contribution in [0, 0.1) is 11.8 Å². The Morgan fingerprint density at radius 2 is 1.80 bits per heavy atom. The Balaban J connectivity index is 2.24. The van der Waals surface area contributed by atoms with Crippen LogP contribution in [0.5, 0.6) is 0 Å². The Morgan fingerprint density at radius 3 is 2.20 bits per heavy atom. The minimum atomic E-state index is -0.171. The number of hydrogen-bond acceptors (Lipinski definition) is 3. The molecule has 0 spiro atoms. The molecule has 82 valence electrons. The summed E-state index contributed by atoms with van der Waals surface area (Å²) in [5, 5.41) is 0. The van der Waals surface area contributed by atoms with Gasteiger partial charge in [-0.2, -0.15) is 0 Å². The molecule has 4 nitrogen and oxygen atoms in total. The highest BCUT2D eigenvalue weighted by molar-refractivity contribution is 6.05. The zero-order valence-corrected chi connectivity index (χ0v) is 8.85. The zero-order valence-electron chi connectivity index (χ0n) is 8.85. The molecule has 4 heteroatoms. The van der Waals surface area contributed by atoms with Gasteiger partial charge in [0.2, 0.25) is 11.8 Å². The van der Waals surface area contributed by atoms with Crippen LogP contribution in [0.4, 0.5) is 0 Å². The summed E-state index contributed by atoms with van der Waals surface area (Å²) in [6, 6.07) is -0.171. The van der Waals surface area contributed by atoms with Crippen molar-refractivity contribution in [1.82, 2.24) is 4.90 Å². The molecule has 1 saturated heterocycles. The molecule has 0 bridgehead atoms. The zero-order chi connectivity index (χ0) is 11.0. The van der Waals surface area contributed by atoms with Crippen molar-refractivity contribution < 1.29 is 9.59 Å². The van der Waals surface area contributed by atoms with Crippen molar-refractivity contribution in [3.8, 4) is 0 Å². The summed E-state index contributed by atoms with van der Waals surface area (Å²) in [7, 11) is 0. The number of imide groups is 1. The molecular formula is C11H16N2O2. The van der Waals surface area contributed by atoms with Crippen molar-refractivity contribution in [1.29, 1.82) is 0 Å². The number of amides is 2. The highest BCUT2D eigenvalue weighted by Crippen LogP contribution is 2.35. The van der Waals surface area contributed by atoms with E-state index in [1.165, 1.54) is 4.90 Å². The van der Waals surface area contributed by atoms with Gasteiger partial charge in [-0.3, -0.25) is 14.5 Å². The van der Waals surface area contributed by atoms with Gasteiger partial charge < -0.3 is 5.73 Å². The number of nitrogens with two attached hydrogens (primary N) is 1. The summed E-state index contributed by atoms with van der Waals surface area (Å²) >= 11 is 0. The molecular weight excluding hydrogens is 192 g/mol. The van der Waals surface area contributed by atoms with E-state index < -0.39 is 0 Å². The van der Waals surface area contributed by atoms with E-state index in [1.54, 1.807) is 0 Å². The van der Waals surface area contributed by atoms with Crippen LogP contribution in [-0.4, -0.2) is 29.3 Å². The van der Waals surface area contributed by atoms with E-state index in [4.69, 9.17) is 5.73 Å². The summed E-state index contributed by atoms with van der Waals surface area (Å²) in [5.74, 6) is -0.326. The lowest BCUT2D eigenvalue weighted by Crippen LogP contribution is -2.43. The van der Waals surface area contributed by atoms with Crippen LogP contribution in [0.1, 0.15) is 19.8 Å². The number of allylic oxidation sites excluding steroid dienone is 2. The Kier molecular flexibility index (Phi) is 2.61. The van der Waals surface area contributed by atoms with Crippen molar-refractivity contribution >= 4 is 11.8 Å². The fraction of sp³-hybridized carbons (Fsp3) is 0.636. The molecule has 0 aromatic rings. The quantitative estimate of drug-likeness (QED) is 0.524. The third kappa shape index (κ3) is 1.49. The largest absolute Gasteiger partial charge is 0.328 e. The second-order valence-electron chi connectivity index (χ2n) is 4.29. The lowest BCUT2D eigenvalue weighted by Gasteiger charge is -2.21. The minimum Gasteiger partial charge on any atom is -0.328 e. The molecule has 2 N–H and O–H groups in total. The summed E-state index contributed by atoms with van der Waals surface area (Å²) in [5.41, 5.74) is 5.50. The van der Waals surface area contributed by atoms with E-state index in [1.807, 2.05) is 19.1 Å². The predicted molar refractivity (Wildman–Crippen MR) is 55.7 cm³/mol. The second-order valence-corrected chi connectivity index (χ2v) is 4.29. The van der Waals surface area contributed by atoms with E-state index in [0.717, 1.165) is 0 Å². The second kappa shape index (κ2) is 3.77. The van der Waals surface area contributed by atoms with Gasteiger partial charge in [0.15, 0.2) is 0 Å². The Bertz CT molecular complexity index is 299. The van der Waals surface area contributed by atoms with Crippen molar-refractivity contribution in [3.63, 3.8) is 0 Å². The predicted octanol–water partition coefficient (Wildman–Crippen LogP) is 0.285. The van der Waals surface area contributed by atoms with E-state index in [2.05, 4.69) is 0 Å². The van der Waals surface area contributed by atoms with E-state index in [-0.39, 0.29) is 29.7 Å². The van der Waals surface area contributed by atoms with Gasteiger partial charge >= 0.3 is 0 Å². The average molecular weight is 208 g/mol. The molecule has 1 aliphatic carbocycles. The Hall–Kier alpha value is -1.16. The first-order valence-electron chi connectivity index (χ1n) is 5.38. The first-order chi connectivity index (χ1) is 7.16. The van der Waals surface area contributed by atoms with Crippen molar-refractivity contribution in [2.45, 2.75) is 25.8 Å². The van der Waals surface area contributed by atoms with Gasteiger partial charge in [0.05, 0.1) is 11.8 Å². The molecule has 0 aromatic carbocycles. The lowest BCUT2D eigenvalue weighted by molar-refractivity contribution is -0.142. The summed E-state index contributed by atoms with van der Waals surface area (Å²) in [4.78, 5) is 25.3. The number of fused-ring (bicyclic) bond motifs is 1. The van der Waals surface area contributed by atoms with Gasteiger partial charge in [0, 0.05) is 12.6 Å². The number of hydrogen-bond donors (Lipinski definition) is 1. The van der Waals surface area contributed by atoms with E-state index >= 15 is 0 Å². The summed E-state index contributed by atoms with van der Waals surface area (Å²) in [6.45, 7) is 2.16. The van der Waals surface area contributed by atoms with Crippen LogP contribution in [-0.2, 0) is 9.59 Å². The number of likely N-dealkylation sites (tertiary alicyclic amines) is 1. The molecule has 3 unspecified atom stereocenters. The van der Waals surface area contributed by atoms with Crippen molar-refractivity contribution in [2.24, 2.45) is 17.6 Å². The first kappa shape index (κ1) is 10.4. The third-order valence-electron chi connectivity index (χ3n) is 3.32. The van der Waals surface area contributed by atoms with E-state index in [0.29, 0.717) is 19.4 Å². The monoisotopic (exact) mass is 208 g/mol. The lowest BCUT2D eigenvalue weighted by atomic mass is 9.85. The fourth-order valence-corrected chi connectivity index (χ4v) is 2.37. The van der Waals surface area contributed by atoms with Crippen LogP contribution >= 0.6 is 0 Å². The Morgan fingerprint density at radius 1 is 1.33 bits per heavy atom. The molecule has 1 heterocycles. The molecule has 0 saturated carbocycles. The van der Waals surface area contributed by atoms with Crippen LogP contribution < -0.4 is 5.73 Å². The van der Waals surface area contributed by atoms with Gasteiger partial charge in [-0.1, -0.05) is 12.2 Å². The van der Waals surface area contributed by atoms with Crippen molar-refractivity contribution in [3.05, 3.63) is 12.2 Å². The van der Waals surface area contributed by atoms with Gasteiger partial charge in [0.25, 0.3) is 0 Å². The van der Waals surface area contributed by atoms with Gasteiger partial charge in [-0.25, -0.2) is 0 Å². The van der Waals surface area contributed by atoms with Crippen LogP contribution in [0.15, 0.2) is 12.2 Å². The number of carbonyl (C=O) groups excluding carboxylic acids is 2. The SMILES string of the molecule is CC(CN)N1C(=O)C2CC=CCC2C1=O.